The van der Waals surface area contributed by atoms with Crippen molar-refractivity contribution in [3.63, 3.8) is 0 Å². The van der Waals surface area contributed by atoms with Gasteiger partial charge in [0.25, 0.3) is 0 Å². The minimum atomic E-state index is -0.404. The molecule has 9 rings (SSSR count). The van der Waals surface area contributed by atoms with Crippen LogP contribution in [0.2, 0.25) is 0 Å². The van der Waals surface area contributed by atoms with Crippen molar-refractivity contribution >= 4 is 10.8 Å². The average molecular weight is 807 g/mol. The van der Waals surface area contributed by atoms with Gasteiger partial charge in [0, 0.05) is 62.2 Å². The smallest absolute Gasteiger partial charge is 0.123 e. The van der Waals surface area contributed by atoms with Crippen molar-refractivity contribution in [1.82, 2.24) is 20.0 Å². The third kappa shape index (κ3) is 7.11. The first-order valence-electron chi connectivity index (χ1n) is 22.3. The number of aliphatic hydroxyl groups is 1. The summed E-state index contributed by atoms with van der Waals surface area (Å²) >= 11 is 0. The summed E-state index contributed by atoms with van der Waals surface area (Å²) < 4.78 is 13.8. The van der Waals surface area contributed by atoms with Crippen LogP contribution in [0.4, 0.5) is 4.39 Å². The number of aliphatic hydroxyl groups excluding tert-OH is 1. The van der Waals surface area contributed by atoms with Gasteiger partial charge in [-0.2, -0.15) is 0 Å². The zero-order valence-corrected chi connectivity index (χ0v) is 37.0. The van der Waals surface area contributed by atoms with Crippen molar-refractivity contribution in [1.29, 1.82) is 0 Å². The zero-order valence-electron chi connectivity index (χ0n) is 37.0. The number of likely N-dealkylation sites (tertiary alicyclic amines) is 1. The molecule has 0 aromatic heterocycles. The van der Waals surface area contributed by atoms with Gasteiger partial charge in [0.15, 0.2) is 0 Å². The van der Waals surface area contributed by atoms with E-state index in [4.69, 9.17) is 0 Å². The molecule has 0 spiro atoms. The molecule has 316 valence electrons. The van der Waals surface area contributed by atoms with Crippen molar-refractivity contribution in [3.8, 4) is 0 Å². The SMILES string of the molecule is C=C(NCC(=C)N1CCN(C(c2ccc(C)cc2)c2ccc(F)cc2)CC1)[C@@H]1CC(O)CN1C(=C)C1C(=C)[C@@]2(C)CC3(C)CC1C32C.CC(C)c1ccc2ccccc2c1. The highest BCUT2D eigenvalue weighted by atomic mass is 19.1. The molecule has 60 heavy (non-hydrogen) atoms. The van der Waals surface area contributed by atoms with Crippen LogP contribution in [0, 0.1) is 40.8 Å². The number of allylic oxidation sites excluding steroid dienone is 1. The number of fused-ring (bicyclic) bond motifs is 1. The zero-order chi connectivity index (χ0) is 42.7. The molecule has 4 aromatic carbocycles. The Morgan fingerprint density at radius 2 is 1.47 bits per heavy atom. The molecular weight excluding hydrogens is 740 g/mol. The maximum Gasteiger partial charge on any atom is 0.123 e. The van der Waals surface area contributed by atoms with E-state index in [2.05, 4.69) is 155 Å². The first kappa shape index (κ1) is 42.1. The molecule has 3 saturated carbocycles. The lowest BCUT2D eigenvalue weighted by atomic mass is 9.28. The Morgan fingerprint density at radius 3 is 2.08 bits per heavy atom. The highest BCUT2D eigenvalue weighted by Gasteiger charge is 2.82. The lowest BCUT2D eigenvalue weighted by molar-refractivity contribution is -0.268. The van der Waals surface area contributed by atoms with Gasteiger partial charge < -0.3 is 20.2 Å². The summed E-state index contributed by atoms with van der Waals surface area (Å²) in [6.07, 6.45) is 2.71. The van der Waals surface area contributed by atoms with Gasteiger partial charge >= 0.3 is 0 Å². The molecule has 5 nitrogen and oxygen atoms in total. The van der Waals surface area contributed by atoms with E-state index < -0.39 is 6.10 Å². The number of aryl methyl sites for hydroxylation is 1. The largest absolute Gasteiger partial charge is 0.391 e. The number of benzene rings is 4. The monoisotopic (exact) mass is 807 g/mol. The van der Waals surface area contributed by atoms with Crippen LogP contribution in [0.1, 0.15) is 88.1 Å². The summed E-state index contributed by atoms with van der Waals surface area (Å²) in [6, 6.07) is 30.9. The van der Waals surface area contributed by atoms with Crippen molar-refractivity contribution in [2.45, 2.75) is 84.9 Å². The van der Waals surface area contributed by atoms with Crippen LogP contribution in [0.5, 0.6) is 0 Å². The minimum absolute atomic E-state index is 0.00810. The van der Waals surface area contributed by atoms with Gasteiger partial charge in [-0.25, -0.2) is 4.39 Å². The van der Waals surface area contributed by atoms with Gasteiger partial charge in [0.1, 0.15) is 5.82 Å². The van der Waals surface area contributed by atoms with Crippen molar-refractivity contribution in [3.05, 3.63) is 168 Å². The van der Waals surface area contributed by atoms with Crippen LogP contribution in [0.15, 0.2) is 140 Å². The fourth-order valence-corrected chi connectivity index (χ4v) is 12.3. The maximum absolute atomic E-state index is 13.8. The van der Waals surface area contributed by atoms with Crippen LogP contribution < -0.4 is 5.32 Å². The number of halogens is 1. The third-order valence-corrected chi connectivity index (χ3v) is 16.1. The predicted octanol–water partition coefficient (Wildman–Crippen LogP) is 11.0. The van der Waals surface area contributed by atoms with E-state index in [-0.39, 0.29) is 29.2 Å². The number of β-amino-alcohol motifs (C(OH)–C–C–N with tert-alkyl or cyclic N) is 1. The second-order valence-corrected chi connectivity index (χ2v) is 19.7. The summed E-state index contributed by atoms with van der Waals surface area (Å²) in [6.45, 7) is 36.9. The van der Waals surface area contributed by atoms with E-state index in [9.17, 15) is 9.50 Å². The summed E-state index contributed by atoms with van der Waals surface area (Å²) in [5.41, 5.74) is 10.3. The quantitative estimate of drug-likeness (QED) is 0.148. The molecule has 4 aromatic rings. The molecule has 2 aliphatic heterocycles. The lowest BCUT2D eigenvalue weighted by Gasteiger charge is -2.76. The summed E-state index contributed by atoms with van der Waals surface area (Å²) in [5.74, 6) is 1.25. The number of hydrogen-bond acceptors (Lipinski definition) is 5. The van der Waals surface area contributed by atoms with E-state index in [0.29, 0.717) is 42.2 Å². The van der Waals surface area contributed by atoms with E-state index in [1.165, 1.54) is 45.9 Å². The fraction of sp³-hybridized carbons (Fsp3) is 0.444. The molecule has 5 fully saturated rings. The number of rotatable bonds is 11. The number of nitrogens with one attached hydrogen (secondary N) is 1. The number of piperazine rings is 1. The van der Waals surface area contributed by atoms with Crippen LogP contribution in [-0.4, -0.2) is 71.2 Å². The van der Waals surface area contributed by atoms with E-state index >= 15 is 0 Å². The van der Waals surface area contributed by atoms with Crippen LogP contribution in [0.25, 0.3) is 10.8 Å². The predicted molar refractivity (Wildman–Crippen MR) is 247 cm³/mol. The Balaban J connectivity index is 0.000000326. The van der Waals surface area contributed by atoms with E-state index in [1.54, 1.807) is 12.1 Å². The van der Waals surface area contributed by atoms with E-state index in [1.807, 2.05) is 12.1 Å². The first-order valence-corrected chi connectivity index (χ1v) is 22.3. The topological polar surface area (TPSA) is 42.0 Å². The van der Waals surface area contributed by atoms with Gasteiger partial charge in [-0.1, -0.05) is 151 Å². The molecule has 3 aliphatic carbocycles. The molecule has 5 aliphatic rings. The number of hydrogen-bond donors (Lipinski definition) is 2. The molecule has 0 bridgehead atoms. The molecule has 8 atom stereocenters. The number of nitrogens with zero attached hydrogens (tertiary/aromatic N) is 3. The van der Waals surface area contributed by atoms with Gasteiger partial charge in [0.05, 0.1) is 24.7 Å². The Hall–Kier alpha value is -4.65. The van der Waals surface area contributed by atoms with Gasteiger partial charge in [-0.15, -0.1) is 0 Å². The highest BCUT2D eigenvalue weighted by Crippen LogP contribution is 2.89. The minimum Gasteiger partial charge on any atom is -0.391 e. The van der Waals surface area contributed by atoms with Gasteiger partial charge in [0.2, 0.25) is 0 Å². The van der Waals surface area contributed by atoms with Crippen molar-refractivity contribution < 1.29 is 9.50 Å². The average Bonchev–Trinajstić information content (AvgIpc) is 3.65. The van der Waals surface area contributed by atoms with Crippen molar-refractivity contribution in [2.75, 3.05) is 39.3 Å². The molecular formula is C54H67FN4O. The van der Waals surface area contributed by atoms with Crippen molar-refractivity contribution in [2.24, 2.45) is 28.1 Å². The van der Waals surface area contributed by atoms with Gasteiger partial charge in [-0.3, -0.25) is 4.90 Å². The Labute approximate surface area is 359 Å². The molecule has 2 N–H and O–H groups in total. The Kier molecular flexibility index (Phi) is 11.2. The molecule has 6 unspecified atom stereocenters. The third-order valence-electron chi connectivity index (χ3n) is 16.1. The highest BCUT2D eigenvalue weighted by molar-refractivity contribution is 5.83. The lowest BCUT2D eigenvalue weighted by Crippen LogP contribution is -2.69. The van der Waals surface area contributed by atoms with Crippen LogP contribution in [-0.2, 0) is 0 Å². The first-order chi connectivity index (χ1) is 28.5. The van der Waals surface area contributed by atoms with Gasteiger partial charge in [-0.05, 0) is 87.4 Å². The Morgan fingerprint density at radius 1 is 0.850 bits per heavy atom. The molecule has 0 radical (unpaired) electrons. The summed E-state index contributed by atoms with van der Waals surface area (Å²) in [4.78, 5) is 7.18. The molecule has 0 amide bonds. The molecule has 6 heteroatoms. The second-order valence-electron chi connectivity index (χ2n) is 19.7. The molecule has 2 heterocycles. The maximum atomic E-state index is 13.8. The normalized spacial score (nSPS) is 29.9. The summed E-state index contributed by atoms with van der Waals surface area (Å²) in [7, 11) is 0. The Bertz CT molecular complexity index is 2230. The van der Waals surface area contributed by atoms with E-state index in [0.717, 1.165) is 48.8 Å². The second kappa shape index (κ2) is 16.0. The fourth-order valence-electron chi connectivity index (χ4n) is 12.3. The summed E-state index contributed by atoms with van der Waals surface area (Å²) in [5, 5.41) is 17.1. The molecule has 2 saturated heterocycles. The standard InChI is InChI=1S/C41H53FN4O.C13H14/c1-26-9-11-31(12-10-26)38(32-13-15-33(42)16-14-32)45-19-17-44(18-20-45)27(2)23-43-29(4)36-21-34(47)24-46(36)30(5)37-28(3)40(7)25-39(6)22-35(37)41(39,40)8;1-10(2)12-8-7-11-5-3-4-6-13(11)9-12/h9-16,34-38,43,47H,2-5,17-25H2,1,6-8H3;3-10H,1-2H3/t34?,35?,36-,37?,38?,39?,40+,41?;/m0./s1. The van der Waals surface area contributed by atoms with Crippen LogP contribution in [0.3, 0.4) is 0 Å². The van der Waals surface area contributed by atoms with Crippen LogP contribution >= 0.6 is 0 Å².